The molecule has 1 nitrogen and oxygen atoms in total. The third-order valence-corrected chi connectivity index (χ3v) is 6.89. The minimum atomic E-state index is -1.06. The summed E-state index contributed by atoms with van der Waals surface area (Å²) in [7, 11) is 0. The minimum Gasteiger partial charge on any atom is -0.456 e. The minimum absolute atomic E-state index is 0.433. The van der Waals surface area contributed by atoms with E-state index in [1.165, 1.54) is 0 Å². The molecule has 0 spiro atoms. The zero-order valence-corrected chi connectivity index (χ0v) is 21.4. The van der Waals surface area contributed by atoms with Crippen molar-refractivity contribution >= 4 is 54.3 Å². The van der Waals surface area contributed by atoms with Crippen LogP contribution in [0.4, 0.5) is 0 Å². The highest BCUT2D eigenvalue weighted by Crippen LogP contribution is 2.45. The van der Waals surface area contributed by atoms with E-state index in [0.717, 1.165) is 0 Å². The van der Waals surface area contributed by atoms with E-state index in [9.17, 15) is 11.0 Å². The van der Waals surface area contributed by atoms with Crippen LogP contribution in [0.5, 0.6) is 0 Å². The van der Waals surface area contributed by atoms with E-state index in [1.54, 1.807) is 0 Å². The highest BCUT2D eigenvalue weighted by molar-refractivity contribution is 6.22. The summed E-state index contributed by atoms with van der Waals surface area (Å²) in [6.07, 6.45) is 0. The summed E-state index contributed by atoms with van der Waals surface area (Å²) in [4.78, 5) is 0. The van der Waals surface area contributed by atoms with E-state index >= 15 is 0 Å². The third kappa shape index (κ3) is 3.79. The normalized spacial score (nSPS) is 20.2. The Bertz CT molecular complexity index is 3910. The topological polar surface area (TPSA) is 13.1 Å². The molecule has 0 aliphatic heterocycles. The van der Waals surface area contributed by atoms with Gasteiger partial charge >= 0.3 is 0 Å². The van der Waals surface area contributed by atoms with Gasteiger partial charge in [0, 0.05) is 10.8 Å². The highest BCUT2D eigenvalue weighted by Gasteiger charge is 2.18. The Labute approximate surface area is 285 Å². The van der Waals surface area contributed by atoms with E-state index in [0.29, 0.717) is 0 Å². The first-order chi connectivity index (χ1) is 32.2. The van der Waals surface area contributed by atoms with Crippen molar-refractivity contribution in [1.82, 2.24) is 0 Å². The molecule has 0 bridgehead atoms. The first kappa shape index (κ1) is 9.69. The van der Waals surface area contributed by atoms with Crippen molar-refractivity contribution in [3.05, 3.63) is 157 Å². The molecule has 1 heterocycles. The first-order valence-electron chi connectivity index (χ1n) is 25.7. The Morgan fingerprint density at radius 2 is 0.814 bits per heavy atom. The molecule has 0 aliphatic rings. The molecule has 1 heteroatoms. The van der Waals surface area contributed by atoms with Crippen molar-refractivity contribution in [2.75, 3.05) is 0 Å². The van der Waals surface area contributed by atoms with Gasteiger partial charge in [0.1, 0.15) is 11.2 Å². The summed E-state index contributed by atoms with van der Waals surface area (Å²) in [6, 6.07) is -23.6. The second-order valence-electron chi connectivity index (χ2n) is 9.26. The van der Waals surface area contributed by atoms with Crippen molar-refractivity contribution < 1.29 is 40.1 Å². The maximum atomic E-state index is 10.0. The van der Waals surface area contributed by atoms with Gasteiger partial charge in [-0.1, -0.05) is 127 Å². The molecule has 0 saturated heterocycles. The van der Waals surface area contributed by atoms with Gasteiger partial charge in [-0.05, 0) is 95.9 Å². The van der Waals surface area contributed by atoms with E-state index in [1.807, 2.05) is 0 Å². The number of furan rings is 1. The van der Waals surface area contributed by atoms with Gasteiger partial charge in [0.05, 0.1) is 35.6 Å². The zero-order valence-electron chi connectivity index (χ0n) is 47.4. The summed E-state index contributed by atoms with van der Waals surface area (Å²) in [5.41, 5.74) is -5.82. The predicted molar refractivity (Wildman–Crippen MR) is 183 cm³/mol. The summed E-state index contributed by atoms with van der Waals surface area (Å²) in [6.45, 7) is 0. The van der Waals surface area contributed by atoms with Gasteiger partial charge in [-0.3, -0.25) is 0 Å². The average Bonchev–Trinajstić information content (AvgIpc) is 3.74. The van der Waals surface area contributed by atoms with Crippen molar-refractivity contribution in [2.45, 2.75) is 0 Å². The standard InChI is InChI=1S/C42H26O/c1-3-11-27(12-4-1)41-33-17-9-10-18-34(33)42(28-13-5-2-6-14-28)38-25-31(19-21-35(38)41)32-20-22-39-36(24-32)37-23-29-15-7-8-16-30(29)26-40(37)43-39/h1-26H/i1D,2D,3D,4D,5D,6D,7D,8D,9D,10D,11D,12D,13D,14D,15D,16D,17D,18D,19D,20D,21D,22D,23D,24D,25D,26D. The fourth-order valence-corrected chi connectivity index (χ4v) is 5.08. The molecule has 0 amide bonds. The van der Waals surface area contributed by atoms with E-state index < -0.39 is 245 Å². The van der Waals surface area contributed by atoms with Crippen molar-refractivity contribution in [3.8, 4) is 33.4 Å². The Morgan fingerprint density at radius 3 is 1.49 bits per heavy atom. The summed E-state index contributed by atoms with van der Waals surface area (Å²) >= 11 is 0. The maximum absolute atomic E-state index is 10.0. The van der Waals surface area contributed by atoms with E-state index in [2.05, 4.69) is 0 Å². The van der Waals surface area contributed by atoms with Gasteiger partial charge in [-0.25, -0.2) is 0 Å². The van der Waals surface area contributed by atoms with E-state index in [-0.39, 0.29) is 0 Å². The van der Waals surface area contributed by atoms with Gasteiger partial charge in [0.25, 0.3) is 0 Å². The van der Waals surface area contributed by atoms with Crippen molar-refractivity contribution in [3.63, 3.8) is 0 Å². The van der Waals surface area contributed by atoms with Gasteiger partial charge in [-0.2, -0.15) is 0 Å². The molecular weight excluding hydrogens is 520 g/mol. The molecule has 0 radical (unpaired) electrons. The number of fused-ring (bicyclic) bond motifs is 6. The Balaban J connectivity index is 1.62. The summed E-state index contributed by atoms with van der Waals surface area (Å²) in [5.74, 6) is 0. The van der Waals surface area contributed by atoms with Crippen LogP contribution < -0.4 is 0 Å². The van der Waals surface area contributed by atoms with Gasteiger partial charge in [0.2, 0.25) is 0 Å². The van der Waals surface area contributed by atoms with Crippen molar-refractivity contribution in [2.24, 2.45) is 0 Å². The quantitative estimate of drug-likeness (QED) is 0.192. The molecular formula is C42H26O. The smallest absolute Gasteiger partial charge is 0.136 e. The summed E-state index contributed by atoms with van der Waals surface area (Å²) in [5, 5.41) is -4.79. The van der Waals surface area contributed by atoms with Crippen LogP contribution in [0, 0.1) is 0 Å². The second kappa shape index (κ2) is 9.44. The fourth-order valence-electron chi connectivity index (χ4n) is 5.08. The molecule has 0 fully saturated rings. The molecule has 8 aromatic carbocycles. The van der Waals surface area contributed by atoms with Crippen LogP contribution >= 0.6 is 0 Å². The monoisotopic (exact) mass is 572 g/mol. The lowest BCUT2D eigenvalue weighted by Gasteiger charge is -2.18. The van der Waals surface area contributed by atoms with Crippen LogP contribution in [0.3, 0.4) is 0 Å². The van der Waals surface area contributed by atoms with Crippen LogP contribution in [0.25, 0.3) is 87.6 Å². The molecule has 1 aromatic heterocycles. The Morgan fingerprint density at radius 1 is 0.326 bits per heavy atom. The van der Waals surface area contributed by atoms with Crippen LogP contribution in [-0.2, 0) is 0 Å². The zero-order chi connectivity index (χ0) is 51.0. The highest BCUT2D eigenvalue weighted by atomic mass is 16.3. The maximum Gasteiger partial charge on any atom is 0.136 e. The molecule has 200 valence electrons. The van der Waals surface area contributed by atoms with Crippen LogP contribution in [0.15, 0.2) is 162 Å². The van der Waals surface area contributed by atoms with E-state index in [4.69, 9.17) is 29.1 Å². The number of rotatable bonds is 3. The number of benzene rings is 8. The van der Waals surface area contributed by atoms with Gasteiger partial charge < -0.3 is 4.42 Å². The predicted octanol–water partition coefficient (Wildman–Crippen LogP) is 12.0. The SMILES string of the molecule is [2H]c1c([2H])c([2H])c(-c2c3c([2H])c([2H])c([2H])c([2H])c3c(-c3c([2H])c([2H])c([2H])c([2H])c3[2H])c3c([2H])c(-c4c([2H])c([2H])c5oc6c([2H])c7c([2H])c([2H])c([2H])c([2H])c7c([2H])c6c5c4[2H])c([2H])c([2H])c23)c([2H])c1[2H]. The molecule has 0 atom stereocenters. The largest absolute Gasteiger partial charge is 0.456 e. The molecule has 0 aliphatic carbocycles. The number of hydrogen-bond donors (Lipinski definition) is 0. The first-order valence-corrected chi connectivity index (χ1v) is 12.7. The average molecular weight is 573 g/mol. The molecule has 0 saturated carbocycles. The Hall–Kier alpha value is -5.66. The van der Waals surface area contributed by atoms with Crippen LogP contribution in [0.2, 0.25) is 0 Å². The lowest BCUT2D eigenvalue weighted by Crippen LogP contribution is -1.91. The van der Waals surface area contributed by atoms with Crippen LogP contribution in [0.1, 0.15) is 35.6 Å². The molecule has 0 N–H and O–H groups in total. The second-order valence-corrected chi connectivity index (χ2v) is 9.26. The lowest BCUT2D eigenvalue weighted by atomic mass is 9.85. The molecule has 43 heavy (non-hydrogen) atoms. The summed E-state index contributed by atoms with van der Waals surface area (Å²) < 4.78 is 238. The lowest BCUT2D eigenvalue weighted by molar-refractivity contribution is 0.669. The van der Waals surface area contributed by atoms with Gasteiger partial charge in [-0.15, -0.1) is 0 Å². The molecule has 9 rings (SSSR count). The number of hydrogen-bond acceptors (Lipinski definition) is 1. The van der Waals surface area contributed by atoms with Crippen molar-refractivity contribution in [1.29, 1.82) is 0 Å². The third-order valence-electron chi connectivity index (χ3n) is 6.89. The Kier molecular flexibility index (Phi) is 2.13. The molecule has 9 aromatic rings. The fraction of sp³-hybridized carbons (Fsp3) is 0. The van der Waals surface area contributed by atoms with Crippen LogP contribution in [-0.4, -0.2) is 0 Å². The molecule has 0 unspecified atom stereocenters. The van der Waals surface area contributed by atoms with Gasteiger partial charge in [0.15, 0.2) is 0 Å².